The van der Waals surface area contributed by atoms with Crippen LogP contribution in [0, 0.1) is 5.92 Å². The SMILES string of the molecule is CCCNC(=O)N(C)CC1CC(O)C1. The summed E-state index contributed by atoms with van der Waals surface area (Å²) in [7, 11) is 1.80. The Bertz CT molecular complexity index is 191. The van der Waals surface area contributed by atoms with Crippen LogP contribution in [0.2, 0.25) is 0 Å². The van der Waals surface area contributed by atoms with Gasteiger partial charge in [0.1, 0.15) is 0 Å². The fourth-order valence-corrected chi connectivity index (χ4v) is 1.69. The number of hydrogen-bond acceptors (Lipinski definition) is 2. The van der Waals surface area contributed by atoms with E-state index in [1.807, 2.05) is 6.92 Å². The van der Waals surface area contributed by atoms with E-state index in [1.165, 1.54) is 0 Å². The number of nitrogens with zero attached hydrogens (tertiary/aromatic N) is 1. The average molecular weight is 200 g/mol. The number of aliphatic hydroxyl groups is 1. The lowest BCUT2D eigenvalue weighted by atomic mass is 9.82. The molecule has 4 nitrogen and oxygen atoms in total. The molecule has 0 bridgehead atoms. The second-order valence-electron chi connectivity index (χ2n) is 4.10. The molecule has 4 heteroatoms. The minimum absolute atomic E-state index is 0.00626. The molecule has 2 amide bonds. The normalized spacial score (nSPS) is 25.4. The van der Waals surface area contributed by atoms with E-state index in [4.69, 9.17) is 5.11 Å². The molecule has 2 N–H and O–H groups in total. The summed E-state index contributed by atoms with van der Waals surface area (Å²) in [5.41, 5.74) is 0. The van der Waals surface area contributed by atoms with Crippen molar-refractivity contribution in [2.45, 2.75) is 32.3 Å². The summed E-state index contributed by atoms with van der Waals surface area (Å²) in [5, 5.41) is 11.9. The van der Waals surface area contributed by atoms with Crippen molar-refractivity contribution in [3.63, 3.8) is 0 Å². The topological polar surface area (TPSA) is 52.6 Å². The summed E-state index contributed by atoms with van der Waals surface area (Å²) in [6.07, 6.45) is 2.51. The first-order valence-electron chi connectivity index (χ1n) is 5.30. The maximum atomic E-state index is 11.4. The zero-order valence-corrected chi connectivity index (χ0v) is 8.99. The molecule has 0 saturated heterocycles. The van der Waals surface area contributed by atoms with Crippen LogP contribution in [0.5, 0.6) is 0 Å². The first-order valence-corrected chi connectivity index (χ1v) is 5.30. The van der Waals surface area contributed by atoms with Gasteiger partial charge in [-0.3, -0.25) is 0 Å². The van der Waals surface area contributed by atoms with E-state index in [2.05, 4.69) is 5.32 Å². The number of carbonyl (C=O) groups excluding carboxylic acids is 1. The van der Waals surface area contributed by atoms with Crippen LogP contribution >= 0.6 is 0 Å². The van der Waals surface area contributed by atoms with Crippen molar-refractivity contribution in [1.29, 1.82) is 0 Å². The predicted molar refractivity (Wildman–Crippen MR) is 55.1 cm³/mol. The Kier molecular flexibility index (Phi) is 4.20. The highest BCUT2D eigenvalue weighted by atomic mass is 16.3. The minimum atomic E-state index is -0.132. The lowest BCUT2D eigenvalue weighted by Gasteiger charge is -2.34. The van der Waals surface area contributed by atoms with E-state index in [0.717, 1.165) is 32.4 Å². The van der Waals surface area contributed by atoms with Crippen molar-refractivity contribution in [1.82, 2.24) is 10.2 Å². The van der Waals surface area contributed by atoms with E-state index in [0.29, 0.717) is 5.92 Å². The van der Waals surface area contributed by atoms with Gasteiger partial charge in [-0.05, 0) is 25.2 Å². The summed E-state index contributed by atoms with van der Waals surface area (Å²) in [6.45, 7) is 3.52. The highest BCUT2D eigenvalue weighted by molar-refractivity contribution is 5.73. The molecule has 0 aliphatic heterocycles. The van der Waals surface area contributed by atoms with Crippen LogP contribution < -0.4 is 5.32 Å². The minimum Gasteiger partial charge on any atom is -0.393 e. The summed E-state index contributed by atoms with van der Waals surface area (Å²) in [4.78, 5) is 13.1. The van der Waals surface area contributed by atoms with Gasteiger partial charge in [-0.2, -0.15) is 0 Å². The van der Waals surface area contributed by atoms with Gasteiger partial charge in [0.15, 0.2) is 0 Å². The van der Waals surface area contributed by atoms with E-state index in [-0.39, 0.29) is 12.1 Å². The molecule has 0 aromatic heterocycles. The van der Waals surface area contributed by atoms with Crippen LogP contribution in [0.15, 0.2) is 0 Å². The number of amides is 2. The number of aliphatic hydroxyl groups excluding tert-OH is 1. The lowest BCUT2D eigenvalue weighted by molar-refractivity contribution is 0.0325. The van der Waals surface area contributed by atoms with Crippen molar-refractivity contribution in [3.05, 3.63) is 0 Å². The van der Waals surface area contributed by atoms with Crippen LogP contribution in [-0.2, 0) is 0 Å². The fourth-order valence-electron chi connectivity index (χ4n) is 1.69. The smallest absolute Gasteiger partial charge is 0.317 e. The standard InChI is InChI=1S/C10H20N2O2/c1-3-4-11-10(14)12(2)7-8-5-9(13)6-8/h8-9,13H,3-7H2,1-2H3,(H,11,14). The van der Waals surface area contributed by atoms with Crippen molar-refractivity contribution in [2.75, 3.05) is 20.1 Å². The first kappa shape index (κ1) is 11.3. The van der Waals surface area contributed by atoms with Gasteiger partial charge < -0.3 is 15.3 Å². The predicted octanol–water partition coefficient (Wildman–Crippen LogP) is 0.809. The summed E-state index contributed by atoms with van der Waals surface area (Å²) in [6, 6.07) is -0.00626. The molecule has 0 atom stereocenters. The van der Waals surface area contributed by atoms with E-state index >= 15 is 0 Å². The molecule has 1 aliphatic carbocycles. The zero-order valence-electron chi connectivity index (χ0n) is 8.99. The van der Waals surface area contributed by atoms with Gasteiger partial charge in [-0.25, -0.2) is 4.79 Å². The molecule has 1 fully saturated rings. The van der Waals surface area contributed by atoms with Crippen molar-refractivity contribution in [3.8, 4) is 0 Å². The number of rotatable bonds is 4. The molecule has 14 heavy (non-hydrogen) atoms. The van der Waals surface area contributed by atoms with Gasteiger partial charge in [-0.15, -0.1) is 0 Å². The van der Waals surface area contributed by atoms with E-state index in [9.17, 15) is 4.79 Å². The Morgan fingerprint density at radius 2 is 2.21 bits per heavy atom. The molecule has 1 saturated carbocycles. The van der Waals surface area contributed by atoms with Gasteiger partial charge in [0.05, 0.1) is 6.10 Å². The third-order valence-electron chi connectivity index (χ3n) is 2.62. The van der Waals surface area contributed by atoms with Crippen LogP contribution in [0.4, 0.5) is 4.79 Å². The zero-order chi connectivity index (χ0) is 10.6. The van der Waals surface area contributed by atoms with Crippen LogP contribution in [0.25, 0.3) is 0 Å². The van der Waals surface area contributed by atoms with Crippen molar-refractivity contribution >= 4 is 6.03 Å². The maximum Gasteiger partial charge on any atom is 0.317 e. The van der Waals surface area contributed by atoms with Gasteiger partial charge >= 0.3 is 6.03 Å². The van der Waals surface area contributed by atoms with Crippen molar-refractivity contribution in [2.24, 2.45) is 5.92 Å². The summed E-state index contributed by atoms with van der Waals surface area (Å²) >= 11 is 0. The molecule has 0 aromatic carbocycles. The third kappa shape index (κ3) is 3.18. The Labute approximate surface area is 85.3 Å². The second-order valence-corrected chi connectivity index (χ2v) is 4.10. The highest BCUT2D eigenvalue weighted by Crippen LogP contribution is 2.27. The molecule has 0 heterocycles. The second kappa shape index (κ2) is 5.20. The third-order valence-corrected chi connectivity index (χ3v) is 2.62. The highest BCUT2D eigenvalue weighted by Gasteiger charge is 2.28. The quantitative estimate of drug-likeness (QED) is 0.705. The number of urea groups is 1. The molecule has 1 rings (SSSR count). The maximum absolute atomic E-state index is 11.4. The fraction of sp³-hybridized carbons (Fsp3) is 0.900. The lowest BCUT2D eigenvalue weighted by Crippen LogP contribution is -2.43. The average Bonchev–Trinajstić information content (AvgIpc) is 2.11. The molecule has 0 unspecified atom stereocenters. The number of carbonyl (C=O) groups is 1. The number of hydrogen-bond donors (Lipinski definition) is 2. The molecule has 0 radical (unpaired) electrons. The molecule has 82 valence electrons. The van der Waals surface area contributed by atoms with Crippen molar-refractivity contribution < 1.29 is 9.90 Å². The molecular formula is C10H20N2O2. The number of nitrogens with one attached hydrogen (secondary N) is 1. The Morgan fingerprint density at radius 3 is 2.71 bits per heavy atom. The monoisotopic (exact) mass is 200 g/mol. The van der Waals surface area contributed by atoms with E-state index in [1.54, 1.807) is 11.9 Å². The van der Waals surface area contributed by atoms with Gasteiger partial charge in [0.25, 0.3) is 0 Å². The largest absolute Gasteiger partial charge is 0.393 e. The Morgan fingerprint density at radius 1 is 1.57 bits per heavy atom. The first-order chi connectivity index (χ1) is 6.63. The van der Waals surface area contributed by atoms with Gasteiger partial charge in [0, 0.05) is 20.1 Å². The molecular weight excluding hydrogens is 180 g/mol. The Balaban J connectivity index is 2.14. The van der Waals surface area contributed by atoms with Crippen LogP contribution in [-0.4, -0.2) is 42.3 Å². The molecule has 0 spiro atoms. The van der Waals surface area contributed by atoms with Crippen LogP contribution in [0.1, 0.15) is 26.2 Å². The summed E-state index contributed by atoms with van der Waals surface area (Å²) < 4.78 is 0. The van der Waals surface area contributed by atoms with E-state index < -0.39 is 0 Å². The summed E-state index contributed by atoms with van der Waals surface area (Å²) in [5.74, 6) is 0.488. The molecule has 0 aromatic rings. The van der Waals surface area contributed by atoms with Crippen LogP contribution in [0.3, 0.4) is 0 Å². The van der Waals surface area contributed by atoms with Gasteiger partial charge in [-0.1, -0.05) is 6.92 Å². The van der Waals surface area contributed by atoms with Gasteiger partial charge in [0.2, 0.25) is 0 Å². The molecule has 1 aliphatic rings. The Hall–Kier alpha value is -0.770.